The molecule has 0 atom stereocenters. The molecule has 3 aromatic rings. The van der Waals surface area contributed by atoms with Gasteiger partial charge >= 0.3 is 6.01 Å². The molecule has 1 aromatic heterocycles. The van der Waals surface area contributed by atoms with Crippen LogP contribution in [0.5, 0.6) is 11.8 Å². The molecule has 1 heterocycles. The summed E-state index contributed by atoms with van der Waals surface area (Å²) in [7, 11) is 1.63. The molecule has 0 radical (unpaired) electrons. The minimum absolute atomic E-state index is 0.0244. The smallest absolute Gasteiger partial charge is 0.336 e. The number of methoxy groups -OCH3 is 1. The highest BCUT2D eigenvalue weighted by Crippen LogP contribution is 2.27. The molecule has 0 aliphatic rings. The lowest BCUT2D eigenvalue weighted by Crippen LogP contribution is -2.19. The van der Waals surface area contributed by atoms with Gasteiger partial charge in [-0.2, -0.15) is 4.98 Å². The molecule has 7 nitrogen and oxygen atoms in total. The summed E-state index contributed by atoms with van der Waals surface area (Å²) in [6, 6.07) is 15.4. The minimum atomic E-state index is -0.0818. The third-order valence-corrected chi connectivity index (χ3v) is 4.27. The highest BCUT2D eigenvalue weighted by atomic mass is 16.5. The van der Waals surface area contributed by atoms with E-state index in [9.17, 15) is 4.79 Å². The fourth-order valence-corrected chi connectivity index (χ4v) is 2.99. The van der Waals surface area contributed by atoms with Gasteiger partial charge in [0.1, 0.15) is 5.75 Å². The van der Waals surface area contributed by atoms with Gasteiger partial charge in [-0.05, 0) is 54.8 Å². The Kier molecular flexibility index (Phi) is 6.40. The van der Waals surface area contributed by atoms with E-state index in [1.807, 2.05) is 76.2 Å². The maximum Gasteiger partial charge on any atom is 0.336 e. The predicted molar refractivity (Wildman–Crippen MR) is 117 cm³/mol. The zero-order valence-electron chi connectivity index (χ0n) is 18.1. The first kappa shape index (κ1) is 21.4. The van der Waals surface area contributed by atoms with Crippen LogP contribution >= 0.6 is 0 Å². The Morgan fingerprint density at radius 1 is 1.13 bits per heavy atom. The van der Waals surface area contributed by atoms with Gasteiger partial charge in [-0.15, -0.1) is 5.10 Å². The Labute approximate surface area is 177 Å². The third-order valence-electron chi connectivity index (χ3n) is 4.27. The lowest BCUT2D eigenvalue weighted by atomic mass is 9.92. The second-order valence-corrected chi connectivity index (χ2v) is 8.13. The second kappa shape index (κ2) is 8.98. The first-order chi connectivity index (χ1) is 14.3. The molecule has 30 heavy (non-hydrogen) atoms. The molecular weight excluding hydrogens is 380 g/mol. The summed E-state index contributed by atoms with van der Waals surface area (Å²) in [4.78, 5) is 16.9. The van der Waals surface area contributed by atoms with Crippen LogP contribution in [0.25, 0.3) is 17.1 Å². The van der Waals surface area contributed by atoms with Crippen molar-refractivity contribution >= 4 is 11.6 Å². The molecule has 2 aromatic carbocycles. The molecule has 1 N–H and O–H groups in total. The summed E-state index contributed by atoms with van der Waals surface area (Å²) in [6.45, 7) is 8.46. The Morgan fingerprint density at radius 3 is 2.50 bits per heavy atom. The first-order valence-electron chi connectivity index (χ1n) is 9.93. The molecule has 1 amide bonds. The van der Waals surface area contributed by atoms with Crippen molar-refractivity contribution in [3.8, 4) is 28.8 Å². The highest BCUT2D eigenvalue weighted by Gasteiger charge is 2.18. The van der Waals surface area contributed by atoms with Crippen molar-refractivity contribution in [2.45, 2.75) is 34.1 Å². The highest BCUT2D eigenvalue weighted by molar-refractivity contribution is 5.91. The average Bonchev–Trinajstić information content (AvgIpc) is 3.11. The first-order valence-corrected chi connectivity index (χ1v) is 9.93. The molecule has 0 aliphatic heterocycles. The van der Waals surface area contributed by atoms with Gasteiger partial charge in [0, 0.05) is 17.7 Å². The Bertz CT molecular complexity index is 1000. The summed E-state index contributed by atoms with van der Waals surface area (Å²) >= 11 is 0. The predicted octanol–water partition coefficient (Wildman–Crippen LogP) is 4.72. The Balaban J connectivity index is 1.95. The standard InChI is InChI=1S/C23H28N4O3/c1-6-30-22-25-21(16-10-12-19(29-5)13-11-16)27(26-22)18-9-7-8-17(14-18)24-20(28)15-23(2,3)4/h7-14H,6,15H2,1-5H3,(H,24,28). The van der Waals surface area contributed by atoms with E-state index >= 15 is 0 Å². The number of aromatic nitrogens is 3. The number of hydrogen-bond donors (Lipinski definition) is 1. The number of rotatable bonds is 7. The van der Waals surface area contributed by atoms with Crippen molar-refractivity contribution in [1.82, 2.24) is 14.8 Å². The van der Waals surface area contributed by atoms with E-state index in [2.05, 4.69) is 15.4 Å². The van der Waals surface area contributed by atoms with Crippen LogP contribution in [0, 0.1) is 5.41 Å². The molecule has 0 aliphatic carbocycles. The van der Waals surface area contributed by atoms with Crippen LogP contribution < -0.4 is 14.8 Å². The maximum atomic E-state index is 12.3. The van der Waals surface area contributed by atoms with E-state index in [1.54, 1.807) is 11.8 Å². The van der Waals surface area contributed by atoms with Gasteiger partial charge in [0.15, 0.2) is 5.82 Å². The molecule has 0 fully saturated rings. The van der Waals surface area contributed by atoms with Crippen molar-refractivity contribution in [3.63, 3.8) is 0 Å². The summed E-state index contributed by atoms with van der Waals surface area (Å²) in [5, 5.41) is 7.47. The lowest BCUT2D eigenvalue weighted by molar-refractivity contribution is -0.117. The summed E-state index contributed by atoms with van der Waals surface area (Å²) in [5.74, 6) is 1.38. The van der Waals surface area contributed by atoms with E-state index in [4.69, 9.17) is 9.47 Å². The van der Waals surface area contributed by atoms with Gasteiger partial charge < -0.3 is 14.8 Å². The number of amides is 1. The van der Waals surface area contributed by atoms with Crippen molar-refractivity contribution in [2.75, 3.05) is 19.0 Å². The number of hydrogen-bond acceptors (Lipinski definition) is 5. The van der Waals surface area contributed by atoms with Crippen LogP contribution in [0.4, 0.5) is 5.69 Å². The Hall–Kier alpha value is -3.35. The van der Waals surface area contributed by atoms with Crippen LogP contribution in [0.2, 0.25) is 0 Å². The molecule has 7 heteroatoms. The zero-order valence-corrected chi connectivity index (χ0v) is 18.1. The molecule has 0 spiro atoms. The lowest BCUT2D eigenvalue weighted by Gasteiger charge is -2.17. The average molecular weight is 409 g/mol. The van der Waals surface area contributed by atoms with E-state index in [1.165, 1.54) is 0 Å². The quantitative estimate of drug-likeness (QED) is 0.612. The number of ether oxygens (including phenoxy) is 2. The fourth-order valence-electron chi connectivity index (χ4n) is 2.99. The second-order valence-electron chi connectivity index (χ2n) is 8.13. The van der Waals surface area contributed by atoms with Crippen LogP contribution in [0.1, 0.15) is 34.1 Å². The maximum absolute atomic E-state index is 12.3. The van der Waals surface area contributed by atoms with Gasteiger partial charge in [0.25, 0.3) is 0 Å². The van der Waals surface area contributed by atoms with E-state index in [-0.39, 0.29) is 11.3 Å². The monoisotopic (exact) mass is 408 g/mol. The fraction of sp³-hybridized carbons (Fsp3) is 0.348. The molecule has 0 saturated carbocycles. The van der Waals surface area contributed by atoms with Crippen molar-refractivity contribution in [3.05, 3.63) is 48.5 Å². The van der Waals surface area contributed by atoms with Gasteiger partial charge in [-0.25, -0.2) is 4.68 Å². The van der Waals surface area contributed by atoms with E-state index in [0.717, 1.165) is 17.0 Å². The third kappa shape index (κ3) is 5.37. The Morgan fingerprint density at radius 2 is 1.87 bits per heavy atom. The largest absolute Gasteiger partial charge is 0.497 e. The van der Waals surface area contributed by atoms with Gasteiger partial charge in [0.05, 0.1) is 19.4 Å². The van der Waals surface area contributed by atoms with E-state index in [0.29, 0.717) is 30.5 Å². The summed E-state index contributed by atoms with van der Waals surface area (Å²) in [6.07, 6.45) is 0.437. The van der Waals surface area contributed by atoms with Gasteiger partial charge in [-0.1, -0.05) is 26.8 Å². The molecular formula is C23H28N4O3. The number of nitrogens with one attached hydrogen (secondary N) is 1. The molecule has 0 unspecified atom stereocenters. The summed E-state index contributed by atoms with van der Waals surface area (Å²) in [5.41, 5.74) is 2.27. The molecule has 0 bridgehead atoms. The number of anilines is 1. The van der Waals surface area contributed by atoms with Crippen molar-refractivity contribution in [1.29, 1.82) is 0 Å². The SMILES string of the molecule is CCOc1nc(-c2ccc(OC)cc2)n(-c2cccc(NC(=O)CC(C)(C)C)c2)n1. The zero-order chi connectivity index (χ0) is 21.7. The number of nitrogens with zero attached hydrogens (tertiary/aromatic N) is 3. The van der Waals surface area contributed by atoms with Crippen LogP contribution in [-0.4, -0.2) is 34.4 Å². The molecule has 3 rings (SSSR count). The van der Waals surface area contributed by atoms with Crippen molar-refractivity contribution < 1.29 is 14.3 Å². The minimum Gasteiger partial charge on any atom is -0.497 e. The van der Waals surface area contributed by atoms with Crippen LogP contribution in [0.15, 0.2) is 48.5 Å². The van der Waals surface area contributed by atoms with E-state index < -0.39 is 0 Å². The van der Waals surface area contributed by atoms with Gasteiger partial charge in [0.2, 0.25) is 5.91 Å². The topological polar surface area (TPSA) is 78.3 Å². The number of carbonyl (C=O) groups excluding carboxylic acids is 1. The normalized spacial score (nSPS) is 11.2. The number of benzene rings is 2. The van der Waals surface area contributed by atoms with Crippen LogP contribution in [-0.2, 0) is 4.79 Å². The molecule has 158 valence electrons. The van der Waals surface area contributed by atoms with Crippen LogP contribution in [0.3, 0.4) is 0 Å². The summed E-state index contributed by atoms with van der Waals surface area (Å²) < 4.78 is 12.5. The van der Waals surface area contributed by atoms with Crippen molar-refractivity contribution in [2.24, 2.45) is 5.41 Å². The molecule has 0 saturated heterocycles. The number of carbonyl (C=O) groups is 1. The van der Waals surface area contributed by atoms with Gasteiger partial charge in [-0.3, -0.25) is 4.79 Å².